The van der Waals surface area contributed by atoms with Crippen molar-refractivity contribution in [1.29, 1.82) is 0 Å². The van der Waals surface area contributed by atoms with Crippen molar-refractivity contribution in [1.82, 2.24) is 0 Å². The molecule has 0 atom stereocenters. The Labute approximate surface area is 199 Å². The van der Waals surface area contributed by atoms with Crippen LogP contribution in [0.2, 0.25) is 0 Å². The van der Waals surface area contributed by atoms with Gasteiger partial charge in [0.25, 0.3) is 0 Å². The fourth-order valence-electron chi connectivity index (χ4n) is 6.21. The molecule has 1 aliphatic heterocycles. The standard InChI is InChI=1S/C32H24N2/c1-32(2)28-14-13-25-24-7-5-4-6-20(24)8-11-26(25)31(28)27-12-10-23(19-29(27)32)34-17-16-21-18-22(33-3)9-15-30(21)34/h4-15,18-19H,16-17H2,1-2H3. The quantitative estimate of drug-likeness (QED) is 0.189. The minimum Gasteiger partial charge on any atom is -0.341 e. The summed E-state index contributed by atoms with van der Waals surface area (Å²) in [6.45, 7) is 13.0. The maximum atomic E-state index is 7.33. The Morgan fingerprint density at radius 1 is 0.794 bits per heavy atom. The summed E-state index contributed by atoms with van der Waals surface area (Å²) in [5.74, 6) is 0. The molecule has 162 valence electrons. The Kier molecular flexibility index (Phi) is 3.83. The molecular formula is C32H24N2. The molecule has 1 heterocycles. The topological polar surface area (TPSA) is 7.60 Å². The van der Waals surface area contributed by atoms with Crippen LogP contribution in [-0.2, 0) is 11.8 Å². The normalized spacial score (nSPS) is 15.3. The van der Waals surface area contributed by atoms with Crippen molar-refractivity contribution in [3.8, 4) is 11.1 Å². The predicted octanol–water partition coefficient (Wildman–Crippen LogP) is 8.54. The molecule has 5 aromatic carbocycles. The SMILES string of the molecule is [C-]#[N+]c1ccc2c(c1)CCN2c1ccc2c(c1)C(C)(C)c1ccc3c(ccc4ccccc43)c1-2. The molecule has 0 saturated carbocycles. The van der Waals surface area contributed by atoms with Crippen molar-refractivity contribution in [2.45, 2.75) is 25.7 Å². The minimum absolute atomic E-state index is 0.0585. The smallest absolute Gasteiger partial charge is 0.187 e. The summed E-state index contributed by atoms with van der Waals surface area (Å²) in [4.78, 5) is 6.02. The van der Waals surface area contributed by atoms with Crippen LogP contribution in [0.4, 0.5) is 17.1 Å². The van der Waals surface area contributed by atoms with E-state index in [1.54, 1.807) is 0 Å². The molecule has 0 amide bonds. The predicted molar refractivity (Wildman–Crippen MR) is 142 cm³/mol. The Balaban J connectivity index is 1.41. The first-order chi connectivity index (χ1) is 16.6. The van der Waals surface area contributed by atoms with Crippen molar-refractivity contribution in [3.05, 3.63) is 113 Å². The number of benzene rings is 5. The largest absolute Gasteiger partial charge is 0.341 e. The minimum atomic E-state index is -0.0585. The lowest BCUT2D eigenvalue weighted by atomic mass is 9.81. The van der Waals surface area contributed by atoms with E-state index >= 15 is 0 Å². The van der Waals surface area contributed by atoms with Gasteiger partial charge < -0.3 is 4.90 Å². The molecule has 0 bridgehead atoms. The van der Waals surface area contributed by atoms with Gasteiger partial charge in [0.1, 0.15) is 0 Å². The molecule has 5 aromatic rings. The van der Waals surface area contributed by atoms with Gasteiger partial charge in [0, 0.05) is 23.3 Å². The Morgan fingerprint density at radius 3 is 2.53 bits per heavy atom. The summed E-state index contributed by atoms with van der Waals surface area (Å²) >= 11 is 0. The van der Waals surface area contributed by atoms with Crippen LogP contribution in [0.1, 0.15) is 30.5 Å². The van der Waals surface area contributed by atoms with Crippen LogP contribution in [0.5, 0.6) is 0 Å². The Morgan fingerprint density at radius 2 is 1.65 bits per heavy atom. The average molecular weight is 437 g/mol. The van der Waals surface area contributed by atoms with Gasteiger partial charge in [-0.3, -0.25) is 0 Å². The molecule has 0 N–H and O–H groups in total. The summed E-state index contributed by atoms with van der Waals surface area (Å²) in [5, 5.41) is 5.28. The molecule has 1 aliphatic carbocycles. The molecule has 0 aromatic heterocycles. The van der Waals surface area contributed by atoms with Crippen LogP contribution >= 0.6 is 0 Å². The fraction of sp³-hybridized carbons (Fsp3) is 0.156. The molecule has 34 heavy (non-hydrogen) atoms. The van der Waals surface area contributed by atoms with Crippen molar-refractivity contribution in [2.24, 2.45) is 0 Å². The summed E-state index contributed by atoms with van der Waals surface area (Å²) in [6.07, 6.45) is 0.983. The lowest BCUT2D eigenvalue weighted by Gasteiger charge is -2.25. The highest BCUT2D eigenvalue weighted by Gasteiger charge is 2.37. The van der Waals surface area contributed by atoms with Gasteiger partial charge in [-0.2, -0.15) is 0 Å². The zero-order valence-corrected chi connectivity index (χ0v) is 19.4. The number of hydrogen-bond acceptors (Lipinski definition) is 1. The van der Waals surface area contributed by atoms with Gasteiger partial charge in [0.15, 0.2) is 5.69 Å². The lowest BCUT2D eigenvalue weighted by Crippen LogP contribution is -2.17. The second-order valence-corrected chi connectivity index (χ2v) is 10.1. The Bertz CT molecular complexity index is 1700. The third-order valence-corrected chi connectivity index (χ3v) is 7.94. The summed E-state index contributed by atoms with van der Waals surface area (Å²) in [6, 6.07) is 31.0. The second-order valence-electron chi connectivity index (χ2n) is 10.1. The van der Waals surface area contributed by atoms with Gasteiger partial charge >= 0.3 is 0 Å². The van der Waals surface area contributed by atoms with Crippen LogP contribution in [0.25, 0.3) is 37.5 Å². The number of rotatable bonds is 1. The van der Waals surface area contributed by atoms with Crippen LogP contribution in [0.3, 0.4) is 0 Å². The van der Waals surface area contributed by atoms with E-state index in [1.165, 1.54) is 60.7 Å². The van der Waals surface area contributed by atoms with E-state index < -0.39 is 0 Å². The van der Waals surface area contributed by atoms with Crippen molar-refractivity contribution < 1.29 is 0 Å². The third-order valence-electron chi connectivity index (χ3n) is 7.94. The molecule has 0 saturated heterocycles. The van der Waals surface area contributed by atoms with Crippen LogP contribution in [-0.4, -0.2) is 6.54 Å². The highest BCUT2D eigenvalue weighted by molar-refractivity contribution is 6.14. The van der Waals surface area contributed by atoms with Gasteiger partial charge in [-0.05, 0) is 74.0 Å². The number of nitrogens with zero attached hydrogens (tertiary/aromatic N) is 2. The monoisotopic (exact) mass is 436 g/mol. The van der Waals surface area contributed by atoms with Crippen molar-refractivity contribution in [3.63, 3.8) is 0 Å². The lowest BCUT2D eigenvalue weighted by molar-refractivity contribution is 0.660. The van der Waals surface area contributed by atoms with Crippen molar-refractivity contribution >= 4 is 38.6 Å². The Hall–Kier alpha value is -4.09. The van der Waals surface area contributed by atoms with E-state index in [1.807, 2.05) is 12.1 Å². The molecule has 0 radical (unpaired) electrons. The summed E-state index contributed by atoms with van der Waals surface area (Å²) in [7, 11) is 0. The van der Waals surface area contributed by atoms with E-state index in [9.17, 15) is 0 Å². The summed E-state index contributed by atoms with van der Waals surface area (Å²) < 4.78 is 0. The highest BCUT2D eigenvalue weighted by atomic mass is 15.2. The van der Waals surface area contributed by atoms with E-state index in [0.29, 0.717) is 0 Å². The first kappa shape index (κ1) is 19.4. The molecule has 2 heteroatoms. The van der Waals surface area contributed by atoms with Crippen LogP contribution in [0.15, 0.2) is 84.9 Å². The van der Waals surface area contributed by atoms with Gasteiger partial charge in [-0.15, -0.1) is 0 Å². The zero-order valence-electron chi connectivity index (χ0n) is 19.4. The fourth-order valence-corrected chi connectivity index (χ4v) is 6.21. The highest BCUT2D eigenvalue weighted by Crippen LogP contribution is 2.53. The van der Waals surface area contributed by atoms with Gasteiger partial charge in [0.05, 0.1) is 6.57 Å². The van der Waals surface area contributed by atoms with Gasteiger partial charge in [-0.25, -0.2) is 4.85 Å². The van der Waals surface area contributed by atoms with E-state index in [0.717, 1.165) is 18.7 Å². The number of anilines is 2. The summed E-state index contributed by atoms with van der Waals surface area (Å²) in [5.41, 5.74) is 9.96. The van der Waals surface area contributed by atoms with Gasteiger partial charge in [-0.1, -0.05) is 80.6 Å². The third kappa shape index (κ3) is 2.50. The molecule has 2 aliphatic rings. The molecular weight excluding hydrogens is 412 g/mol. The number of hydrogen-bond donors (Lipinski definition) is 0. The number of fused-ring (bicyclic) bond motifs is 8. The van der Waals surface area contributed by atoms with E-state index in [-0.39, 0.29) is 5.41 Å². The van der Waals surface area contributed by atoms with Crippen LogP contribution in [0, 0.1) is 6.57 Å². The first-order valence-corrected chi connectivity index (χ1v) is 11.9. The molecule has 0 unspecified atom stereocenters. The van der Waals surface area contributed by atoms with Crippen LogP contribution < -0.4 is 4.90 Å². The van der Waals surface area contributed by atoms with Gasteiger partial charge in [0.2, 0.25) is 0 Å². The van der Waals surface area contributed by atoms with E-state index in [2.05, 4.69) is 96.4 Å². The molecule has 2 nitrogen and oxygen atoms in total. The second kappa shape index (κ2) is 6.72. The molecule has 7 rings (SSSR count). The zero-order chi connectivity index (χ0) is 23.0. The van der Waals surface area contributed by atoms with E-state index in [4.69, 9.17) is 6.57 Å². The molecule has 0 fully saturated rings. The maximum absolute atomic E-state index is 7.33. The molecule has 0 spiro atoms. The maximum Gasteiger partial charge on any atom is 0.187 e. The average Bonchev–Trinajstić information content (AvgIpc) is 3.39. The first-order valence-electron chi connectivity index (χ1n) is 11.9. The van der Waals surface area contributed by atoms with Crippen molar-refractivity contribution in [2.75, 3.05) is 11.4 Å².